The molecule has 146 valence electrons. The van der Waals surface area contributed by atoms with Crippen LogP contribution < -0.4 is 15.2 Å². The molecular weight excluding hydrogens is 358 g/mol. The number of rotatable bonds is 6. The van der Waals surface area contributed by atoms with Crippen LogP contribution in [0.5, 0.6) is 17.2 Å². The van der Waals surface area contributed by atoms with Gasteiger partial charge in [0, 0.05) is 5.54 Å². The smallest absolute Gasteiger partial charge is 0.128 e. The standard InChI is InChI=1S/C26H25NO2/c1-26(2,27)22-10-8-21-17-25(11-9-20(21)16-22)29-24-14-12-23(13-15-24)28-18-19-6-4-3-5-7-19/h3-17H,18,27H2,1-2H3. The number of nitrogens with two attached hydrogens (primary N) is 1. The summed E-state index contributed by atoms with van der Waals surface area (Å²) in [7, 11) is 0. The van der Waals surface area contributed by atoms with Gasteiger partial charge in [-0.1, -0.05) is 48.5 Å². The van der Waals surface area contributed by atoms with Crippen LogP contribution in [-0.4, -0.2) is 0 Å². The Labute approximate surface area is 171 Å². The molecule has 0 bridgehead atoms. The summed E-state index contributed by atoms with van der Waals surface area (Å²) in [5.74, 6) is 2.39. The number of hydrogen-bond acceptors (Lipinski definition) is 3. The first kappa shape index (κ1) is 19.0. The average Bonchev–Trinajstić information content (AvgIpc) is 2.73. The zero-order chi connectivity index (χ0) is 20.3. The minimum absolute atomic E-state index is 0.353. The Hall–Kier alpha value is -3.30. The molecule has 0 radical (unpaired) electrons. The molecule has 0 aliphatic heterocycles. The highest BCUT2D eigenvalue weighted by Gasteiger charge is 2.14. The highest BCUT2D eigenvalue weighted by molar-refractivity contribution is 5.84. The van der Waals surface area contributed by atoms with Crippen molar-refractivity contribution in [3.63, 3.8) is 0 Å². The van der Waals surface area contributed by atoms with Gasteiger partial charge >= 0.3 is 0 Å². The van der Waals surface area contributed by atoms with E-state index in [1.807, 2.05) is 68.4 Å². The first-order valence-corrected chi connectivity index (χ1v) is 9.75. The van der Waals surface area contributed by atoms with Crippen molar-refractivity contribution in [3.05, 3.63) is 102 Å². The highest BCUT2D eigenvalue weighted by atomic mass is 16.5. The second-order valence-electron chi connectivity index (χ2n) is 7.79. The van der Waals surface area contributed by atoms with Crippen molar-refractivity contribution >= 4 is 10.8 Å². The van der Waals surface area contributed by atoms with E-state index in [2.05, 4.69) is 36.4 Å². The van der Waals surface area contributed by atoms with Gasteiger partial charge in [-0.05, 0) is 78.2 Å². The normalized spacial score (nSPS) is 11.4. The van der Waals surface area contributed by atoms with Crippen LogP contribution in [0.1, 0.15) is 25.0 Å². The van der Waals surface area contributed by atoms with Crippen LogP contribution >= 0.6 is 0 Å². The highest BCUT2D eigenvalue weighted by Crippen LogP contribution is 2.29. The minimum Gasteiger partial charge on any atom is -0.489 e. The number of fused-ring (bicyclic) bond motifs is 1. The first-order chi connectivity index (χ1) is 14.0. The van der Waals surface area contributed by atoms with E-state index in [-0.39, 0.29) is 5.54 Å². The molecule has 0 saturated carbocycles. The van der Waals surface area contributed by atoms with E-state index in [9.17, 15) is 0 Å². The molecule has 0 aromatic heterocycles. The quantitative estimate of drug-likeness (QED) is 0.419. The Morgan fingerprint density at radius 3 is 2.03 bits per heavy atom. The molecule has 4 aromatic rings. The number of hydrogen-bond donors (Lipinski definition) is 1. The van der Waals surface area contributed by atoms with Crippen LogP contribution in [0, 0.1) is 0 Å². The molecule has 29 heavy (non-hydrogen) atoms. The Balaban J connectivity index is 1.44. The van der Waals surface area contributed by atoms with Gasteiger partial charge in [-0.3, -0.25) is 0 Å². The van der Waals surface area contributed by atoms with Gasteiger partial charge in [-0.15, -0.1) is 0 Å². The van der Waals surface area contributed by atoms with Crippen molar-refractivity contribution in [3.8, 4) is 17.2 Å². The fourth-order valence-corrected chi connectivity index (χ4v) is 3.17. The van der Waals surface area contributed by atoms with Gasteiger partial charge in [-0.2, -0.15) is 0 Å². The van der Waals surface area contributed by atoms with Gasteiger partial charge in [0.1, 0.15) is 23.9 Å². The largest absolute Gasteiger partial charge is 0.489 e. The zero-order valence-electron chi connectivity index (χ0n) is 16.8. The van der Waals surface area contributed by atoms with Gasteiger partial charge < -0.3 is 15.2 Å². The SMILES string of the molecule is CC(C)(N)c1ccc2cc(Oc3ccc(OCc4ccccc4)cc3)ccc2c1. The van der Waals surface area contributed by atoms with E-state index in [0.29, 0.717) is 6.61 Å². The van der Waals surface area contributed by atoms with Crippen LogP contribution in [-0.2, 0) is 12.1 Å². The van der Waals surface area contributed by atoms with E-state index in [1.165, 1.54) is 0 Å². The summed E-state index contributed by atoms with van der Waals surface area (Å²) in [5.41, 5.74) is 8.12. The minimum atomic E-state index is -0.353. The van der Waals surface area contributed by atoms with Crippen molar-refractivity contribution in [2.45, 2.75) is 26.0 Å². The maximum Gasteiger partial charge on any atom is 0.128 e. The predicted octanol–water partition coefficient (Wildman–Crippen LogP) is 6.40. The molecule has 0 spiro atoms. The number of ether oxygens (including phenoxy) is 2. The van der Waals surface area contributed by atoms with Gasteiger partial charge in [0.25, 0.3) is 0 Å². The predicted molar refractivity (Wildman–Crippen MR) is 118 cm³/mol. The van der Waals surface area contributed by atoms with Crippen LogP contribution in [0.3, 0.4) is 0 Å². The lowest BCUT2D eigenvalue weighted by Crippen LogP contribution is -2.28. The van der Waals surface area contributed by atoms with E-state index in [0.717, 1.165) is 39.1 Å². The molecule has 0 amide bonds. The Kier molecular flexibility index (Phi) is 5.24. The molecule has 0 unspecified atom stereocenters. The van der Waals surface area contributed by atoms with Crippen molar-refractivity contribution in [1.29, 1.82) is 0 Å². The molecule has 3 nitrogen and oxygen atoms in total. The van der Waals surface area contributed by atoms with Crippen LogP contribution in [0.25, 0.3) is 10.8 Å². The van der Waals surface area contributed by atoms with Crippen molar-refractivity contribution in [2.75, 3.05) is 0 Å². The topological polar surface area (TPSA) is 44.5 Å². The third-order valence-corrected chi connectivity index (χ3v) is 4.86. The summed E-state index contributed by atoms with van der Waals surface area (Å²) in [5, 5.41) is 2.27. The lowest BCUT2D eigenvalue weighted by atomic mass is 9.93. The summed E-state index contributed by atoms with van der Waals surface area (Å²) in [6.45, 7) is 4.57. The second kappa shape index (κ2) is 7.98. The molecule has 0 saturated heterocycles. The molecule has 4 rings (SSSR count). The van der Waals surface area contributed by atoms with Gasteiger partial charge in [-0.25, -0.2) is 0 Å². The molecule has 0 heterocycles. The third-order valence-electron chi connectivity index (χ3n) is 4.86. The van der Waals surface area contributed by atoms with Crippen LogP contribution in [0.2, 0.25) is 0 Å². The third kappa shape index (κ3) is 4.76. The lowest BCUT2D eigenvalue weighted by molar-refractivity contribution is 0.306. The monoisotopic (exact) mass is 383 g/mol. The Morgan fingerprint density at radius 2 is 1.31 bits per heavy atom. The summed E-state index contributed by atoms with van der Waals surface area (Å²) >= 11 is 0. The summed E-state index contributed by atoms with van der Waals surface area (Å²) in [6, 6.07) is 30.2. The number of benzene rings is 4. The summed E-state index contributed by atoms with van der Waals surface area (Å²) in [4.78, 5) is 0. The molecule has 0 aliphatic carbocycles. The van der Waals surface area contributed by atoms with Crippen molar-refractivity contribution in [2.24, 2.45) is 5.73 Å². The molecule has 4 aromatic carbocycles. The van der Waals surface area contributed by atoms with E-state index >= 15 is 0 Å². The molecule has 0 atom stereocenters. The zero-order valence-corrected chi connectivity index (χ0v) is 16.8. The van der Waals surface area contributed by atoms with Crippen LogP contribution in [0.4, 0.5) is 0 Å². The van der Waals surface area contributed by atoms with Gasteiger partial charge in [0.2, 0.25) is 0 Å². The lowest BCUT2D eigenvalue weighted by Gasteiger charge is -2.19. The van der Waals surface area contributed by atoms with Gasteiger partial charge in [0.05, 0.1) is 0 Å². The molecule has 0 aliphatic rings. The fourth-order valence-electron chi connectivity index (χ4n) is 3.17. The molecule has 0 fully saturated rings. The molecule has 3 heteroatoms. The van der Waals surface area contributed by atoms with Crippen molar-refractivity contribution in [1.82, 2.24) is 0 Å². The van der Waals surface area contributed by atoms with E-state index in [1.54, 1.807) is 0 Å². The van der Waals surface area contributed by atoms with E-state index in [4.69, 9.17) is 15.2 Å². The van der Waals surface area contributed by atoms with Crippen molar-refractivity contribution < 1.29 is 9.47 Å². The fraction of sp³-hybridized carbons (Fsp3) is 0.154. The van der Waals surface area contributed by atoms with Crippen LogP contribution in [0.15, 0.2) is 91.0 Å². The first-order valence-electron chi connectivity index (χ1n) is 9.75. The Bertz CT molecular complexity index is 1100. The average molecular weight is 383 g/mol. The second-order valence-corrected chi connectivity index (χ2v) is 7.79. The molecular formula is C26H25NO2. The molecule has 2 N–H and O–H groups in total. The maximum absolute atomic E-state index is 6.21. The summed E-state index contributed by atoms with van der Waals surface area (Å²) in [6.07, 6.45) is 0. The summed E-state index contributed by atoms with van der Waals surface area (Å²) < 4.78 is 11.8. The van der Waals surface area contributed by atoms with Gasteiger partial charge in [0.15, 0.2) is 0 Å². The Morgan fingerprint density at radius 1 is 0.690 bits per heavy atom. The van der Waals surface area contributed by atoms with E-state index < -0.39 is 0 Å². The maximum atomic E-state index is 6.21.